The van der Waals surface area contributed by atoms with E-state index in [9.17, 15) is 4.79 Å². The van der Waals surface area contributed by atoms with Crippen LogP contribution in [-0.4, -0.2) is 46.6 Å². The fraction of sp³-hybridized carbons (Fsp3) is 0.667. The van der Waals surface area contributed by atoms with E-state index in [0.717, 1.165) is 5.82 Å². The minimum Gasteiger partial charge on any atom is -0.465 e. The summed E-state index contributed by atoms with van der Waals surface area (Å²) in [7, 11) is 1.73. The molecule has 0 saturated heterocycles. The monoisotopic (exact) mass is 244 g/mol. The van der Waals surface area contributed by atoms with E-state index < -0.39 is 0 Å². The van der Waals surface area contributed by atoms with Crippen LogP contribution in [0.25, 0.3) is 0 Å². The zero-order valence-electron chi connectivity index (χ0n) is 9.61. The van der Waals surface area contributed by atoms with Crippen LogP contribution in [0.5, 0.6) is 0 Å². The number of rotatable bonds is 6. The topological polar surface area (TPSA) is 79.9 Å². The molecule has 0 aliphatic rings. The van der Waals surface area contributed by atoms with Gasteiger partial charge in [0.05, 0.1) is 6.61 Å². The molecule has 0 spiro atoms. The highest BCUT2D eigenvalue weighted by molar-refractivity contribution is 7.99. The fourth-order valence-electron chi connectivity index (χ4n) is 1.06. The first-order valence-electron chi connectivity index (χ1n) is 5.03. The predicted molar refractivity (Wildman–Crippen MR) is 61.3 cm³/mol. The Morgan fingerprint density at radius 1 is 1.69 bits per heavy atom. The number of aromatic nitrogens is 3. The third-order valence-corrected chi connectivity index (χ3v) is 2.82. The van der Waals surface area contributed by atoms with Gasteiger partial charge in [-0.1, -0.05) is 11.8 Å². The van der Waals surface area contributed by atoms with Crippen molar-refractivity contribution in [3.8, 4) is 0 Å². The lowest BCUT2D eigenvalue weighted by molar-refractivity contribution is -0.144. The summed E-state index contributed by atoms with van der Waals surface area (Å²) in [5, 5.41) is 10.3. The van der Waals surface area contributed by atoms with Gasteiger partial charge in [0.1, 0.15) is 11.9 Å². The van der Waals surface area contributed by atoms with Crippen molar-refractivity contribution in [2.45, 2.75) is 25.0 Å². The molecule has 1 rings (SSSR count). The molecule has 1 heterocycles. The van der Waals surface area contributed by atoms with Gasteiger partial charge in [-0.3, -0.25) is 9.89 Å². The van der Waals surface area contributed by atoms with Crippen LogP contribution in [0, 0.1) is 6.92 Å². The third kappa shape index (κ3) is 3.82. The van der Waals surface area contributed by atoms with Crippen LogP contribution < -0.4 is 5.32 Å². The van der Waals surface area contributed by atoms with Crippen molar-refractivity contribution in [1.82, 2.24) is 20.5 Å². The van der Waals surface area contributed by atoms with Gasteiger partial charge in [0.25, 0.3) is 0 Å². The Labute approximate surface area is 98.6 Å². The Bertz CT molecular complexity index is 342. The Kier molecular flexibility index (Phi) is 5.27. The first kappa shape index (κ1) is 13.0. The van der Waals surface area contributed by atoms with E-state index in [1.54, 1.807) is 14.0 Å². The van der Waals surface area contributed by atoms with Crippen molar-refractivity contribution in [1.29, 1.82) is 0 Å². The molecule has 16 heavy (non-hydrogen) atoms. The molecule has 90 valence electrons. The lowest BCUT2D eigenvalue weighted by Crippen LogP contribution is -2.37. The van der Waals surface area contributed by atoms with Gasteiger partial charge in [0.15, 0.2) is 0 Å². The number of carbonyl (C=O) groups is 1. The summed E-state index contributed by atoms with van der Waals surface area (Å²) in [5.74, 6) is 1.07. The van der Waals surface area contributed by atoms with Crippen molar-refractivity contribution in [2.75, 3.05) is 19.4 Å². The smallest absolute Gasteiger partial charge is 0.323 e. The highest BCUT2D eigenvalue weighted by Crippen LogP contribution is 2.13. The largest absolute Gasteiger partial charge is 0.465 e. The molecule has 0 saturated carbocycles. The molecule has 1 aromatic rings. The molecule has 6 nitrogen and oxygen atoms in total. The number of aromatic amines is 1. The third-order valence-electron chi connectivity index (χ3n) is 1.88. The summed E-state index contributed by atoms with van der Waals surface area (Å²) in [6.07, 6.45) is 0. The van der Waals surface area contributed by atoms with Gasteiger partial charge in [-0.05, 0) is 20.9 Å². The minimum atomic E-state index is -0.330. The molecule has 1 atom stereocenters. The second-order valence-corrected chi connectivity index (χ2v) is 4.09. The van der Waals surface area contributed by atoms with Gasteiger partial charge >= 0.3 is 5.97 Å². The Morgan fingerprint density at radius 2 is 2.44 bits per heavy atom. The highest BCUT2D eigenvalue weighted by atomic mass is 32.2. The van der Waals surface area contributed by atoms with E-state index in [0.29, 0.717) is 17.5 Å². The van der Waals surface area contributed by atoms with Crippen molar-refractivity contribution >= 4 is 17.7 Å². The molecule has 0 aromatic carbocycles. The van der Waals surface area contributed by atoms with Gasteiger partial charge in [0, 0.05) is 5.75 Å². The van der Waals surface area contributed by atoms with Crippen LogP contribution >= 0.6 is 11.8 Å². The van der Waals surface area contributed by atoms with Crippen LogP contribution in [0.15, 0.2) is 5.16 Å². The predicted octanol–water partition coefficient (Wildman–Crippen LogP) is 0.356. The van der Waals surface area contributed by atoms with E-state index in [1.165, 1.54) is 11.8 Å². The van der Waals surface area contributed by atoms with Crippen molar-refractivity contribution in [3.63, 3.8) is 0 Å². The first-order chi connectivity index (χ1) is 7.67. The first-order valence-corrected chi connectivity index (χ1v) is 6.01. The number of esters is 1. The highest BCUT2D eigenvalue weighted by Gasteiger charge is 2.18. The van der Waals surface area contributed by atoms with Crippen LogP contribution in [0.4, 0.5) is 0 Å². The van der Waals surface area contributed by atoms with Gasteiger partial charge in [-0.2, -0.15) is 0 Å². The van der Waals surface area contributed by atoms with Crippen molar-refractivity contribution in [3.05, 3.63) is 5.82 Å². The van der Waals surface area contributed by atoms with E-state index in [1.807, 2.05) is 6.92 Å². The number of hydrogen-bond acceptors (Lipinski definition) is 6. The van der Waals surface area contributed by atoms with E-state index in [4.69, 9.17) is 4.74 Å². The molecule has 1 unspecified atom stereocenters. The maximum absolute atomic E-state index is 11.5. The lowest BCUT2D eigenvalue weighted by atomic mass is 10.3. The number of likely N-dealkylation sites (N-methyl/N-ethyl adjacent to an activating group) is 1. The zero-order valence-corrected chi connectivity index (χ0v) is 10.4. The second-order valence-electron chi connectivity index (χ2n) is 3.11. The summed E-state index contributed by atoms with van der Waals surface area (Å²) in [4.78, 5) is 15.6. The van der Waals surface area contributed by atoms with Crippen LogP contribution in [-0.2, 0) is 9.53 Å². The van der Waals surface area contributed by atoms with Crippen LogP contribution in [0.1, 0.15) is 12.7 Å². The minimum absolute atomic E-state index is 0.246. The van der Waals surface area contributed by atoms with Gasteiger partial charge < -0.3 is 10.1 Å². The maximum atomic E-state index is 11.5. The molecule has 2 N–H and O–H groups in total. The normalized spacial score (nSPS) is 12.4. The van der Waals surface area contributed by atoms with E-state index in [-0.39, 0.29) is 12.0 Å². The molecule has 0 fully saturated rings. The molecule has 7 heteroatoms. The number of H-pyrrole nitrogens is 1. The molecule has 1 aromatic heterocycles. The molecule has 0 bridgehead atoms. The molecule has 0 radical (unpaired) electrons. The number of ether oxygens (including phenoxy) is 1. The number of hydrogen-bond donors (Lipinski definition) is 2. The molecule has 0 aliphatic heterocycles. The maximum Gasteiger partial charge on any atom is 0.323 e. The van der Waals surface area contributed by atoms with Crippen LogP contribution in [0.3, 0.4) is 0 Å². The standard InChI is InChI=1S/C9H16N4O2S/c1-4-15-8(14)7(10-3)5-16-9-11-6(2)12-13-9/h7,10H,4-5H2,1-3H3,(H,11,12,13). The van der Waals surface area contributed by atoms with Gasteiger partial charge in [-0.15, -0.1) is 5.10 Å². The SMILES string of the molecule is CCOC(=O)C(CSc1n[nH]c(C)n1)NC. The summed E-state index contributed by atoms with van der Waals surface area (Å²) < 4.78 is 4.93. The Balaban J connectivity index is 2.42. The Hall–Kier alpha value is -1.08. The molecular weight excluding hydrogens is 228 g/mol. The van der Waals surface area contributed by atoms with E-state index in [2.05, 4.69) is 20.5 Å². The quantitative estimate of drug-likeness (QED) is 0.555. The summed E-state index contributed by atoms with van der Waals surface area (Å²) >= 11 is 1.41. The average Bonchev–Trinajstić information content (AvgIpc) is 2.65. The van der Waals surface area contributed by atoms with Crippen LogP contribution in [0.2, 0.25) is 0 Å². The number of nitrogens with zero attached hydrogens (tertiary/aromatic N) is 2. The number of aryl methyl sites for hydroxylation is 1. The second kappa shape index (κ2) is 6.49. The summed E-state index contributed by atoms with van der Waals surface area (Å²) in [5.41, 5.74) is 0. The Morgan fingerprint density at radius 3 is 2.94 bits per heavy atom. The number of carbonyl (C=O) groups excluding carboxylic acids is 1. The lowest BCUT2D eigenvalue weighted by Gasteiger charge is -2.12. The van der Waals surface area contributed by atoms with Crippen molar-refractivity contribution < 1.29 is 9.53 Å². The summed E-state index contributed by atoms with van der Waals surface area (Å²) in [6, 6.07) is -0.330. The zero-order chi connectivity index (χ0) is 12.0. The average molecular weight is 244 g/mol. The fourth-order valence-corrected chi connectivity index (χ4v) is 1.99. The van der Waals surface area contributed by atoms with Crippen molar-refractivity contribution in [2.24, 2.45) is 0 Å². The number of thioether (sulfide) groups is 1. The molecular formula is C9H16N4O2S. The van der Waals surface area contributed by atoms with Gasteiger partial charge in [-0.25, -0.2) is 4.98 Å². The molecule has 0 aliphatic carbocycles. The summed E-state index contributed by atoms with van der Waals surface area (Å²) in [6.45, 7) is 4.01. The molecule has 0 amide bonds. The number of nitrogens with one attached hydrogen (secondary N) is 2. The van der Waals surface area contributed by atoms with Gasteiger partial charge in [0.2, 0.25) is 5.16 Å². The van der Waals surface area contributed by atoms with E-state index >= 15 is 0 Å².